The molecule has 0 bridgehead atoms. The summed E-state index contributed by atoms with van der Waals surface area (Å²) in [4.78, 5) is 11.0. The van der Waals surface area contributed by atoms with Crippen molar-refractivity contribution in [1.29, 1.82) is 0 Å². The van der Waals surface area contributed by atoms with E-state index in [2.05, 4.69) is 0 Å². The molecule has 19 heavy (non-hydrogen) atoms. The Labute approximate surface area is 110 Å². The third kappa shape index (κ3) is 2.91. The third-order valence-electron chi connectivity index (χ3n) is 2.72. The molecule has 0 amide bonds. The number of hydrogen-bond acceptors (Lipinski definition) is 2. The van der Waals surface area contributed by atoms with E-state index in [1.165, 1.54) is 18.2 Å². The molecule has 2 rings (SSSR count). The lowest BCUT2D eigenvalue weighted by molar-refractivity contribution is 0.0693. The highest BCUT2D eigenvalue weighted by Gasteiger charge is 2.16. The Balaban J connectivity index is 2.40. The molecule has 0 aliphatic heterocycles. The highest BCUT2D eigenvalue weighted by atomic mass is 19.1. The normalized spacial score (nSPS) is 10.2. The number of carbonyl (C=O) groups is 1. The van der Waals surface area contributed by atoms with E-state index in [0.29, 0.717) is 5.75 Å². The molecule has 2 aromatic carbocycles. The number of carboxylic acid groups (broad SMARTS) is 1. The summed E-state index contributed by atoms with van der Waals surface area (Å²) in [5.41, 5.74) is 0.840. The molecule has 98 valence electrons. The first-order valence-electron chi connectivity index (χ1n) is 5.90. The molecule has 0 heterocycles. The van der Waals surface area contributed by atoms with Crippen molar-refractivity contribution in [2.75, 3.05) is 0 Å². The number of para-hydroxylation sites is 1. The van der Waals surface area contributed by atoms with Gasteiger partial charge in [-0.3, -0.25) is 0 Å². The molecule has 0 saturated carbocycles. The minimum absolute atomic E-state index is 0.193. The largest absolute Gasteiger partial charge is 0.478 e. The second kappa shape index (κ2) is 5.52. The van der Waals surface area contributed by atoms with E-state index >= 15 is 0 Å². The van der Waals surface area contributed by atoms with Gasteiger partial charge in [-0.1, -0.05) is 25.1 Å². The number of aryl methyl sites for hydroxylation is 1. The second-order valence-electron chi connectivity index (χ2n) is 4.02. The molecular formula is C15H13FO3. The number of halogens is 1. The lowest BCUT2D eigenvalue weighted by Gasteiger charge is -2.10. The monoisotopic (exact) mass is 260 g/mol. The van der Waals surface area contributed by atoms with Gasteiger partial charge in [0.05, 0.1) is 0 Å². The standard InChI is InChI=1S/C15H13FO3/c1-2-10-5-3-6-11(9-10)19-14-12(15(17)18)7-4-8-13(14)16/h3-9H,2H2,1H3,(H,17,18). The second-order valence-corrected chi connectivity index (χ2v) is 4.02. The van der Waals surface area contributed by atoms with Gasteiger partial charge in [0, 0.05) is 0 Å². The molecule has 0 atom stereocenters. The molecule has 0 aliphatic rings. The van der Waals surface area contributed by atoms with E-state index in [1.54, 1.807) is 18.2 Å². The molecule has 0 fully saturated rings. The van der Waals surface area contributed by atoms with Gasteiger partial charge < -0.3 is 9.84 Å². The van der Waals surface area contributed by atoms with Crippen molar-refractivity contribution in [3.8, 4) is 11.5 Å². The minimum Gasteiger partial charge on any atom is -0.478 e. The summed E-state index contributed by atoms with van der Waals surface area (Å²) in [6, 6.07) is 11.0. The van der Waals surface area contributed by atoms with Crippen molar-refractivity contribution in [2.24, 2.45) is 0 Å². The van der Waals surface area contributed by atoms with Gasteiger partial charge in [0.1, 0.15) is 11.3 Å². The molecule has 3 nitrogen and oxygen atoms in total. The van der Waals surface area contributed by atoms with Crippen molar-refractivity contribution in [3.63, 3.8) is 0 Å². The lowest BCUT2D eigenvalue weighted by atomic mass is 10.1. The smallest absolute Gasteiger partial charge is 0.339 e. The van der Waals surface area contributed by atoms with Gasteiger partial charge in [-0.05, 0) is 36.2 Å². The first-order valence-corrected chi connectivity index (χ1v) is 5.90. The number of rotatable bonds is 4. The van der Waals surface area contributed by atoms with E-state index in [1.807, 2.05) is 13.0 Å². The number of benzene rings is 2. The van der Waals surface area contributed by atoms with E-state index in [-0.39, 0.29) is 11.3 Å². The van der Waals surface area contributed by atoms with Crippen LogP contribution in [0.4, 0.5) is 4.39 Å². The first kappa shape index (κ1) is 13.1. The van der Waals surface area contributed by atoms with E-state index in [0.717, 1.165) is 12.0 Å². The van der Waals surface area contributed by atoms with Crippen LogP contribution in [-0.4, -0.2) is 11.1 Å². The van der Waals surface area contributed by atoms with Crippen molar-refractivity contribution in [2.45, 2.75) is 13.3 Å². The Morgan fingerprint density at radius 2 is 2.00 bits per heavy atom. The Morgan fingerprint density at radius 3 is 2.68 bits per heavy atom. The molecule has 0 aromatic heterocycles. The molecule has 2 aromatic rings. The quantitative estimate of drug-likeness (QED) is 0.907. The number of carboxylic acids is 1. The van der Waals surface area contributed by atoms with E-state index in [9.17, 15) is 9.18 Å². The van der Waals surface area contributed by atoms with Gasteiger partial charge in [0.2, 0.25) is 0 Å². The maximum Gasteiger partial charge on any atom is 0.339 e. The average Bonchev–Trinajstić information content (AvgIpc) is 2.41. The maximum atomic E-state index is 13.7. The molecular weight excluding hydrogens is 247 g/mol. The summed E-state index contributed by atoms with van der Waals surface area (Å²) >= 11 is 0. The molecule has 0 aliphatic carbocycles. The van der Waals surface area contributed by atoms with Gasteiger partial charge >= 0.3 is 5.97 Å². The zero-order chi connectivity index (χ0) is 13.8. The summed E-state index contributed by atoms with van der Waals surface area (Å²) in [6.07, 6.45) is 0.820. The predicted molar refractivity (Wildman–Crippen MR) is 69.3 cm³/mol. The van der Waals surface area contributed by atoms with Crippen LogP contribution in [-0.2, 0) is 6.42 Å². The minimum atomic E-state index is -1.22. The first-order chi connectivity index (χ1) is 9.11. The van der Waals surface area contributed by atoms with Crippen LogP contribution in [0.2, 0.25) is 0 Å². The fourth-order valence-corrected chi connectivity index (χ4v) is 1.73. The highest BCUT2D eigenvalue weighted by molar-refractivity contribution is 5.91. The van der Waals surface area contributed by atoms with Crippen LogP contribution in [0, 0.1) is 5.82 Å². The number of hydrogen-bond donors (Lipinski definition) is 1. The van der Waals surface area contributed by atoms with Crippen LogP contribution >= 0.6 is 0 Å². The molecule has 4 heteroatoms. The Bertz CT molecular complexity index is 608. The van der Waals surface area contributed by atoms with Crippen molar-refractivity contribution < 1.29 is 19.0 Å². The van der Waals surface area contributed by atoms with Crippen molar-refractivity contribution in [3.05, 3.63) is 59.4 Å². The SMILES string of the molecule is CCc1cccc(Oc2c(F)cccc2C(=O)O)c1. The van der Waals surface area contributed by atoms with Gasteiger partial charge in [-0.25, -0.2) is 9.18 Å². The Morgan fingerprint density at radius 1 is 1.26 bits per heavy atom. The van der Waals surface area contributed by atoms with Crippen LogP contribution in [0.1, 0.15) is 22.8 Å². The Kier molecular flexibility index (Phi) is 3.80. The van der Waals surface area contributed by atoms with Crippen LogP contribution in [0.5, 0.6) is 11.5 Å². The zero-order valence-corrected chi connectivity index (χ0v) is 10.4. The molecule has 1 N–H and O–H groups in total. The fraction of sp³-hybridized carbons (Fsp3) is 0.133. The van der Waals surface area contributed by atoms with Gasteiger partial charge in [0.15, 0.2) is 11.6 Å². The topological polar surface area (TPSA) is 46.5 Å². The molecule has 0 saturated heterocycles. The van der Waals surface area contributed by atoms with Crippen molar-refractivity contribution in [1.82, 2.24) is 0 Å². The fourth-order valence-electron chi connectivity index (χ4n) is 1.73. The van der Waals surface area contributed by atoms with Gasteiger partial charge in [0.25, 0.3) is 0 Å². The zero-order valence-electron chi connectivity index (χ0n) is 10.4. The summed E-state index contributed by atoms with van der Waals surface area (Å²) in [7, 11) is 0. The van der Waals surface area contributed by atoms with Crippen LogP contribution in [0.25, 0.3) is 0 Å². The average molecular weight is 260 g/mol. The number of ether oxygens (including phenoxy) is 1. The third-order valence-corrected chi connectivity index (χ3v) is 2.72. The summed E-state index contributed by atoms with van der Waals surface area (Å²) in [5.74, 6) is -1.75. The van der Waals surface area contributed by atoms with Crippen LogP contribution in [0.15, 0.2) is 42.5 Å². The van der Waals surface area contributed by atoms with Crippen LogP contribution < -0.4 is 4.74 Å². The molecule has 0 spiro atoms. The Hall–Kier alpha value is -2.36. The summed E-state index contributed by atoms with van der Waals surface area (Å²) in [6.45, 7) is 1.99. The number of aromatic carboxylic acids is 1. The highest BCUT2D eigenvalue weighted by Crippen LogP contribution is 2.29. The maximum absolute atomic E-state index is 13.7. The molecule has 0 unspecified atom stereocenters. The van der Waals surface area contributed by atoms with Gasteiger partial charge in [-0.2, -0.15) is 0 Å². The predicted octanol–water partition coefficient (Wildman–Crippen LogP) is 3.88. The van der Waals surface area contributed by atoms with Crippen LogP contribution in [0.3, 0.4) is 0 Å². The van der Waals surface area contributed by atoms with E-state index < -0.39 is 11.8 Å². The van der Waals surface area contributed by atoms with Crippen molar-refractivity contribution >= 4 is 5.97 Å². The molecule has 0 radical (unpaired) electrons. The van der Waals surface area contributed by atoms with Gasteiger partial charge in [-0.15, -0.1) is 0 Å². The lowest BCUT2D eigenvalue weighted by Crippen LogP contribution is -2.02. The van der Waals surface area contributed by atoms with E-state index in [4.69, 9.17) is 9.84 Å². The summed E-state index contributed by atoms with van der Waals surface area (Å²) in [5, 5.41) is 9.02. The summed E-state index contributed by atoms with van der Waals surface area (Å²) < 4.78 is 19.1.